The summed E-state index contributed by atoms with van der Waals surface area (Å²) in [4.78, 5) is 0. The van der Waals surface area contributed by atoms with Crippen molar-refractivity contribution in [1.29, 1.82) is 0 Å². The molecular formula is C6H13NO3S. The first-order valence-electron chi connectivity index (χ1n) is 3.68. The van der Waals surface area contributed by atoms with Crippen molar-refractivity contribution in [3.05, 3.63) is 0 Å². The molecule has 0 aromatic heterocycles. The maximum absolute atomic E-state index is 10.3. The summed E-state index contributed by atoms with van der Waals surface area (Å²) in [5, 5.41) is 0. The fourth-order valence-electron chi connectivity index (χ4n) is 1.12. The van der Waals surface area contributed by atoms with Gasteiger partial charge in [-0.05, 0) is 12.3 Å². The van der Waals surface area contributed by atoms with E-state index in [2.05, 4.69) is 0 Å². The highest BCUT2D eigenvalue weighted by Crippen LogP contribution is 2.33. The van der Waals surface area contributed by atoms with Crippen molar-refractivity contribution in [2.45, 2.75) is 25.3 Å². The van der Waals surface area contributed by atoms with Crippen LogP contribution in [0.25, 0.3) is 0 Å². The van der Waals surface area contributed by atoms with Crippen LogP contribution >= 0.6 is 0 Å². The molecule has 1 aliphatic carbocycles. The average molecular weight is 179 g/mol. The zero-order valence-electron chi connectivity index (χ0n) is 6.23. The van der Waals surface area contributed by atoms with Crippen LogP contribution in [0.2, 0.25) is 0 Å². The Morgan fingerprint density at radius 2 is 2.09 bits per heavy atom. The van der Waals surface area contributed by atoms with Crippen molar-refractivity contribution in [1.82, 2.24) is 0 Å². The minimum absolute atomic E-state index is 0.302. The van der Waals surface area contributed by atoms with Crippen molar-refractivity contribution < 1.29 is 13.0 Å². The van der Waals surface area contributed by atoms with Crippen LogP contribution in [0.3, 0.4) is 0 Å². The first-order chi connectivity index (χ1) is 4.97. The summed E-state index contributed by atoms with van der Waals surface area (Å²) in [6.07, 6.45) is 3.03. The van der Waals surface area contributed by atoms with Gasteiger partial charge in [0.1, 0.15) is 0 Å². The molecule has 1 saturated carbocycles. The predicted molar refractivity (Wildman–Crippen MR) is 41.7 cm³/mol. The summed E-state index contributed by atoms with van der Waals surface area (Å²) in [5.74, 6) is 0.301. The molecule has 0 saturated heterocycles. The van der Waals surface area contributed by atoms with Gasteiger partial charge in [-0.2, -0.15) is 8.42 Å². The molecule has 0 aliphatic heterocycles. The highest BCUT2D eigenvalue weighted by atomic mass is 32.2. The van der Waals surface area contributed by atoms with Gasteiger partial charge in [0.15, 0.2) is 0 Å². The Balaban J connectivity index is 2.24. The summed E-state index contributed by atoms with van der Waals surface area (Å²) in [6.45, 7) is 0. The normalized spacial score (nSPS) is 21.6. The van der Waals surface area contributed by atoms with Gasteiger partial charge < -0.3 is 5.73 Å². The van der Waals surface area contributed by atoms with Crippen molar-refractivity contribution in [3.63, 3.8) is 0 Å². The van der Waals surface area contributed by atoms with Gasteiger partial charge in [-0.15, -0.1) is 0 Å². The molecule has 1 unspecified atom stereocenters. The van der Waals surface area contributed by atoms with Gasteiger partial charge in [-0.3, -0.25) is 4.55 Å². The summed E-state index contributed by atoms with van der Waals surface area (Å²) in [5.41, 5.74) is 5.46. The number of nitrogens with two attached hydrogens (primary N) is 1. The zero-order chi connectivity index (χ0) is 8.48. The molecule has 0 amide bonds. The summed E-state index contributed by atoms with van der Waals surface area (Å²) in [7, 11) is -3.87. The molecule has 1 atom stereocenters. The van der Waals surface area contributed by atoms with Crippen LogP contribution in [-0.4, -0.2) is 24.8 Å². The third-order valence-electron chi connectivity index (χ3n) is 1.76. The topological polar surface area (TPSA) is 80.4 Å². The van der Waals surface area contributed by atoms with Gasteiger partial charge in [-0.1, -0.05) is 12.8 Å². The summed E-state index contributed by atoms with van der Waals surface area (Å²) in [6, 6.07) is -0.391. The second-order valence-corrected chi connectivity index (χ2v) is 4.68. The van der Waals surface area contributed by atoms with Crippen LogP contribution in [0.15, 0.2) is 0 Å². The lowest BCUT2D eigenvalue weighted by Crippen LogP contribution is -2.29. The van der Waals surface area contributed by atoms with Crippen LogP contribution in [0.4, 0.5) is 0 Å². The Morgan fingerprint density at radius 3 is 2.45 bits per heavy atom. The van der Waals surface area contributed by atoms with E-state index in [1.807, 2.05) is 0 Å². The van der Waals surface area contributed by atoms with Gasteiger partial charge in [0.05, 0.1) is 5.75 Å². The molecule has 0 heterocycles. The molecule has 1 fully saturated rings. The minimum atomic E-state index is -3.87. The Bertz CT molecular complexity index is 220. The Labute approximate surface area is 66.5 Å². The predicted octanol–water partition coefficient (Wildman–Crippen LogP) is 0.00160. The third-order valence-corrected chi connectivity index (χ3v) is 2.61. The molecule has 66 valence electrons. The fraction of sp³-hybridized carbons (Fsp3) is 1.00. The first-order valence-corrected chi connectivity index (χ1v) is 5.29. The molecule has 5 heteroatoms. The van der Waals surface area contributed by atoms with Crippen LogP contribution in [0, 0.1) is 5.92 Å². The molecule has 3 N–H and O–H groups in total. The van der Waals surface area contributed by atoms with Crippen LogP contribution in [0.5, 0.6) is 0 Å². The number of rotatable bonds is 4. The van der Waals surface area contributed by atoms with Gasteiger partial charge in [-0.25, -0.2) is 0 Å². The molecule has 1 rings (SSSR count). The Kier molecular flexibility index (Phi) is 2.51. The van der Waals surface area contributed by atoms with E-state index in [0.717, 1.165) is 19.3 Å². The molecule has 4 nitrogen and oxygen atoms in total. The van der Waals surface area contributed by atoms with E-state index in [1.54, 1.807) is 0 Å². The third kappa shape index (κ3) is 4.34. The Morgan fingerprint density at radius 1 is 1.55 bits per heavy atom. The lowest BCUT2D eigenvalue weighted by atomic mass is 10.2. The fourth-order valence-corrected chi connectivity index (χ4v) is 1.80. The number of hydrogen-bond acceptors (Lipinski definition) is 3. The summed E-state index contributed by atoms with van der Waals surface area (Å²) >= 11 is 0. The van der Waals surface area contributed by atoms with Crippen molar-refractivity contribution in [2.24, 2.45) is 11.7 Å². The standard InChI is InChI=1S/C6H13NO3S/c7-6(3-5-1-2-5)4-11(8,9)10/h5-6H,1-4,7H2,(H,8,9,10). The minimum Gasteiger partial charge on any atom is -0.327 e. The first kappa shape index (κ1) is 8.96. The van der Waals surface area contributed by atoms with E-state index in [9.17, 15) is 8.42 Å². The van der Waals surface area contributed by atoms with E-state index in [4.69, 9.17) is 10.3 Å². The maximum atomic E-state index is 10.3. The lowest BCUT2D eigenvalue weighted by Gasteiger charge is -2.06. The van der Waals surface area contributed by atoms with Crippen LogP contribution < -0.4 is 5.73 Å². The molecule has 1 aliphatic rings. The molecule has 0 bridgehead atoms. The molecule has 11 heavy (non-hydrogen) atoms. The maximum Gasteiger partial charge on any atom is 0.266 e. The second kappa shape index (κ2) is 3.08. The highest BCUT2D eigenvalue weighted by molar-refractivity contribution is 7.85. The Hall–Kier alpha value is -0.130. The SMILES string of the molecule is NC(CC1CC1)CS(=O)(=O)O. The quantitative estimate of drug-likeness (QED) is 0.595. The van der Waals surface area contributed by atoms with E-state index in [1.165, 1.54) is 0 Å². The van der Waals surface area contributed by atoms with Gasteiger partial charge >= 0.3 is 0 Å². The van der Waals surface area contributed by atoms with Crippen molar-refractivity contribution in [2.75, 3.05) is 5.75 Å². The molecule has 0 aromatic rings. The van der Waals surface area contributed by atoms with E-state index in [-0.39, 0.29) is 5.75 Å². The van der Waals surface area contributed by atoms with Crippen molar-refractivity contribution in [3.8, 4) is 0 Å². The zero-order valence-corrected chi connectivity index (χ0v) is 7.05. The largest absolute Gasteiger partial charge is 0.327 e. The molecular weight excluding hydrogens is 166 g/mol. The van der Waals surface area contributed by atoms with Crippen LogP contribution in [0.1, 0.15) is 19.3 Å². The smallest absolute Gasteiger partial charge is 0.266 e. The van der Waals surface area contributed by atoms with Crippen molar-refractivity contribution >= 4 is 10.1 Å². The number of hydrogen-bond donors (Lipinski definition) is 2. The monoisotopic (exact) mass is 179 g/mol. The van der Waals surface area contributed by atoms with E-state index in [0.29, 0.717) is 5.92 Å². The second-order valence-electron chi connectivity index (χ2n) is 3.19. The van der Waals surface area contributed by atoms with Gasteiger partial charge in [0.2, 0.25) is 0 Å². The van der Waals surface area contributed by atoms with Gasteiger partial charge in [0, 0.05) is 6.04 Å². The van der Waals surface area contributed by atoms with Crippen LogP contribution in [-0.2, 0) is 10.1 Å². The molecule has 0 aromatic carbocycles. The molecule has 0 spiro atoms. The van der Waals surface area contributed by atoms with E-state index >= 15 is 0 Å². The van der Waals surface area contributed by atoms with E-state index < -0.39 is 16.2 Å². The highest BCUT2D eigenvalue weighted by Gasteiger charge is 2.25. The van der Waals surface area contributed by atoms with Gasteiger partial charge in [0.25, 0.3) is 10.1 Å². The molecule has 0 radical (unpaired) electrons. The summed E-state index contributed by atoms with van der Waals surface area (Å²) < 4.78 is 29.1. The average Bonchev–Trinajstić information content (AvgIpc) is 2.42. The lowest BCUT2D eigenvalue weighted by molar-refractivity contribution is 0.471.